The van der Waals surface area contributed by atoms with Crippen molar-refractivity contribution in [1.29, 1.82) is 5.26 Å². The van der Waals surface area contributed by atoms with E-state index in [1.54, 1.807) is 71.6 Å². The molecule has 5 aromatic carbocycles. The lowest BCUT2D eigenvalue weighted by molar-refractivity contribution is -0.150. The van der Waals surface area contributed by atoms with Crippen LogP contribution in [0.1, 0.15) is 78.5 Å². The minimum Gasteiger partial charge on any atom is -0.494 e. The van der Waals surface area contributed by atoms with Gasteiger partial charge in [-0.2, -0.15) is 10.4 Å². The normalized spacial score (nSPS) is 15.4. The number of nitriles is 1. The third kappa shape index (κ3) is 11.8. The molecule has 0 spiro atoms. The van der Waals surface area contributed by atoms with Crippen LogP contribution in [0.5, 0.6) is 28.9 Å². The van der Waals surface area contributed by atoms with Crippen LogP contribution in [-0.4, -0.2) is 44.5 Å². The first kappa shape index (κ1) is 46.7. The van der Waals surface area contributed by atoms with Crippen molar-refractivity contribution in [3.8, 4) is 34.9 Å². The second-order valence-electron chi connectivity index (χ2n) is 15.7. The van der Waals surface area contributed by atoms with Gasteiger partial charge in [0.1, 0.15) is 51.0 Å². The zero-order chi connectivity index (χ0) is 45.9. The van der Waals surface area contributed by atoms with Gasteiger partial charge in [0.05, 0.1) is 29.6 Å². The largest absolute Gasteiger partial charge is 0.494 e. The van der Waals surface area contributed by atoms with E-state index < -0.39 is 27.4 Å². The minimum atomic E-state index is -1.32. The van der Waals surface area contributed by atoms with E-state index in [0.29, 0.717) is 52.2 Å². The quantitative estimate of drug-likeness (QED) is 0.0423. The smallest absolute Gasteiger partial charge is 0.338 e. The first-order valence-electron chi connectivity index (χ1n) is 20.4. The number of rotatable bonds is 15. The molecule has 2 atom stereocenters. The van der Waals surface area contributed by atoms with Crippen LogP contribution in [-0.2, 0) is 38.2 Å². The van der Waals surface area contributed by atoms with Crippen LogP contribution in [0.4, 0.5) is 0 Å². The van der Waals surface area contributed by atoms with E-state index in [1.165, 1.54) is 0 Å². The van der Waals surface area contributed by atoms with Crippen LogP contribution >= 0.6 is 23.2 Å². The summed E-state index contributed by atoms with van der Waals surface area (Å²) in [5.41, 5.74) is 2.21. The van der Waals surface area contributed by atoms with Crippen LogP contribution < -0.4 is 14.2 Å². The Morgan fingerprint density at radius 3 is 2.05 bits per heavy atom. The van der Waals surface area contributed by atoms with Gasteiger partial charge in [0.15, 0.2) is 0 Å². The highest BCUT2D eigenvalue weighted by atomic mass is 35.5. The molecule has 64 heavy (non-hydrogen) atoms. The molecule has 1 fully saturated rings. The van der Waals surface area contributed by atoms with Crippen molar-refractivity contribution in [2.75, 3.05) is 6.61 Å². The van der Waals surface area contributed by atoms with Gasteiger partial charge in [-0.05, 0) is 106 Å². The fourth-order valence-electron chi connectivity index (χ4n) is 6.49. The number of esters is 2. The molecule has 0 amide bonds. The summed E-state index contributed by atoms with van der Waals surface area (Å²) in [6.45, 7) is 10.1. The van der Waals surface area contributed by atoms with Crippen LogP contribution in [0.2, 0.25) is 0 Å². The lowest BCUT2D eigenvalue weighted by atomic mass is 9.95. The Balaban J connectivity index is 0.000000213. The van der Waals surface area contributed by atoms with E-state index in [9.17, 15) is 14.9 Å². The summed E-state index contributed by atoms with van der Waals surface area (Å²) < 4.78 is 28.6. The molecule has 0 aliphatic heterocycles. The number of hydrogen-bond acceptors (Lipinski definition) is 11. The van der Waals surface area contributed by atoms with Crippen molar-refractivity contribution in [2.24, 2.45) is 12.2 Å². The van der Waals surface area contributed by atoms with E-state index in [-0.39, 0.29) is 19.0 Å². The molecule has 14 heteroatoms. The van der Waals surface area contributed by atoms with Gasteiger partial charge in [0.2, 0.25) is 12.0 Å². The highest BCUT2D eigenvalue weighted by Gasteiger charge is 2.73. The van der Waals surface area contributed by atoms with Crippen molar-refractivity contribution in [1.82, 2.24) is 9.78 Å². The van der Waals surface area contributed by atoms with Crippen molar-refractivity contribution < 1.29 is 38.1 Å². The molecule has 1 aliphatic rings. The van der Waals surface area contributed by atoms with Gasteiger partial charge >= 0.3 is 11.9 Å². The number of benzene rings is 5. The predicted molar refractivity (Wildman–Crippen MR) is 244 cm³/mol. The predicted octanol–water partition coefficient (Wildman–Crippen LogP) is 11.5. The van der Waals surface area contributed by atoms with Crippen LogP contribution in [0, 0.1) is 18.3 Å². The molecule has 1 saturated carbocycles. The zero-order valence-corrected chi connectivity index (χ0v) is 37.8. The maximum atomic E-state index is 13.3. The second kappa shape index (κ2) is 20.6. The standard InChI is InChI=1S/C26H21Cl2NO4.C24H27N3O4/c1-2-31-20-13-11-19(12-14-20)25(17-26(25,27)28)24(30)33-23(16-29)18-7-6-10-22(15-18)32-21-8-4-3-5-9-21;1-17-21(22(27(5)26-17)30-20-9-7-6-8-10-20)15-25-29-16-18-11-13-19(14-12-18)23(28)31-24(2,3)4/h3-15,23H,2,17H2,1H3;6-15H,16H2,1-5H3/b;25-15+. The molecule has 7 rings (SSSR count). The lowest BCUT2D eigenvalue weighted by Gasteiger charge is -2.20. The van der Waals surface area contributed by atoms with E-state index in [0.717, 1.165) is 16.8 Å². The molecule has 330 valence electrons. The van der Waals surface area contributed by atoms with Gasteiger partial charge in [0.25, 0.3) is 0 Å². The molecule has 1 aliphatic carbocycles. The molecule has 0 saturated heterocycles. The average Bonchev–Trinajstić information content (AvgIpc) is 3.78. The maximum absolute atomic E-state index is 13.3. The molecule has 6 aromatic rings. The van der Waals surface area contributed by atoms with E-state index in [2.05, 4.69) is 10.3 Å². The van der Waals surface area contributed by atoms with Gasteiger partial charge in [-0.3, -0.25) is 4.79 Å². The number of carbonyl (C=O) groups excluding carboxylic acids is 2. The summed E-state index contributed by atoms with van der Waals surface area (Å²) in [5, 5.41) is 18.2. The van der Waals surface area contributed by atoms with Crippen molar-refractivity contribution in [3.05, 3.63) is 167 Å². The van der Waals surface area contributed by atoms with Crippen molar-refractivity contribution in [2.45, 2.75) is 69.1 Å². The Morgan fingerprint density at radius 2 is 1.47 bits per heavy atom. The van der Waals surface area contributed by atoms with Crippen LogP contribution in [0.25, 0.3) is 0 Å². The summed E-state index contributed by atoms with van der Waals surface area (Å²) in [4.78, 5) is 30.8. The summed E-state index contributed by atoms with van der Waals surface area (Å²) in [6, 6.07) is 41.7. The van der Waals surface area contributed by atoms with Gasteiger partial charge in [-0.15, -0.1) is 0 Å². The third-order valence-corrected chi connectivity index (χ3v) is 10.6. The second-order valence-corrected chi connectivity index (χ2v) is 17.2. The van der Waals surface area contributed by atoms with Crippen LogP contribution in [0.3, 0.4) is 0 Å². The Hall–Kier alpha value is -6.81. The molecule has 0 N–H and O–H groups in total. The monoisotopic (exact) mass is 902 g/mol. The zero-order valence-electron chi connectivity index (χ0n) is 36.3. The SMILES string of the molecule is CCOc1ccc(C2(C(=O)OC(C#N)c3cccc(Oc4ccccc4)c3)CC2(Cl)Cl)cc1.Cc1nn(C)c(Oc2ccccc2)c1/C=N/OCc1ccc(C(=O)OC(C)(C)C)cc1. The molecule has 12 nitrogen and oxygen atoms in total. The number of halogens is 2. The first-order valence-corrected chi connectivity index (χ1v) is 21.2. The van der Waals surface area contributed by atoms with Crippen molar-refractivity contribution in [3.63, 3.8) is 0 Å². The number of ether oxygens (including phenoxy) is 5. The Morgan fingerprint density at radius 1 is 0.859 bits per heavy atom. The lowest BCUT2D eigenvalue weighted by Crippen LogP contribution is -2.30. The fourth-order valence-corrected chi connectivity index (χ4v) is 7.26. The van der Waals surface area contributed by atoms with Gasteiger partial charge in [0, 0.05) is 19.0 Å². The average molecular weight is 904 g/mol. The third-order valence-electron chi connectivity index (χ3n) is 9.72. The molecule has 1 aromatic heterocycles. The molecule has 0 bridgehead atoms. The number of aryl methyl sites for hydroxylation is 2. The summed E-state index contributed by atoms with van der Waals surface area (Å²) in [6.07, 6.45) is 0.627. The minimum absolute atomic E-state index is 0.186. The fraction of sp³-hybridized carbons (Fsp3) is 0.260. The first-order chi connectivity index (χ1) is 30.6. The van der Waals surface area contributed by atoms with E-state index in [1.807, 2.05) is 121 Å². The summed E-state index contributed by atoms with van der Waals surface area (Å²) in [5.74, 6) is 2.14. The number of para-hydroxylation sites is 2. The molecule has 1 heterocycles. The van der Waals surface area contributed by atoms with E-state index in [4.69, 9.17) is 51.7 Å². The maximum Gasteiger partial charge on any atom is 0.338 e. The Labute approximate surface area is 382 Å². The highest BCUT2D eigenvalue weighted by molar-refractivity contribution is 6.54. The Bertz CT molecular complexity index is 2590. The van der Waals surface area contributed by atoms with Crippen LogP contribution in [0.15, 0.2) is 139 Å². The molecular weight excluding hydrogens is 855 g/mol. The Kier molecular flexibility index (Phi) is 15.0. The number of alkyl halides is 2. The topological polar surface area (TPSA) is 143 Å². The number of carbonyl (C=O) groups is 2. The summed E-state index contributed by atoms with van der Waals surface area (Å²) >= 11 is 12.8. The van der Waals surface area contributed by atoms with Crippen molar-refractivity contribution >= 4 is 41.4 Å². The molecule has 2 unspecified atom stereocenters. The number of aromatic nitrogens is 2. The highest BCUT2D eigenvalue weighted by Crippen LogP contribution is 2.65. The van der Waals surface area contributed by atoms with Gasteiger partial charge < -0.3 is 28.5 Å². The van der Waals surface area contributed by atoms with Gasteiger partial charge in [-0.1, -0.05) is 101 Å². The molecule has 0 radical (unpaired) electrons. The number of nitrogens with zero attached hydrogens (tertiary/aromatic N) is 4. The van der Waals surface area contributed by atoms with Gasteiger partial charge in [-0.25, -0.2) is 9.48 Å². The van der Waals surface area contributed by atoms with E-state index >= 15 is 0 Å². The number of oxime groups is 1. The number of hydrogen-bond donors (Lipinski definition) is 0. The summed E-state index contributed by atoms with van der Waals surface area (Å²) in [7, 11) is 1.82. The molecular formula is C50H48Cl2N4O8.